The Morgan fingerprint density at radius 3 is 1.37 bits per heavy atom. The van der Waals surface area contributed by atoms with E-state index in [-0.39, 0.29) is 0 Å². The molecule has 3 heterocycles. The molecule has 0 saturated carbocycles. The van der Waals surface area contributed by atoms with Crippen LogP contribution < -0.4 is 4.90 Å². The highest BCUT2D eigenvalue weighted by atomic mass is 15.2. The minimum absolute atomic E-state index is 0.553. The highest BCUT2D eigenvalue weighted by Gasteiger charge is 2.51. The van der Waals surface area contributed by atoms with Crippen LogP contribution in [0, 0.1) is 0 Å². The highest BCUT2D eigenvalue weighted by molar-refractivity contribution is 6.26. The molecule has 0 atom stereocenters. The van der Waals surface area contributed by atoms with E-state index in [4.69, 9.17) is 0 Å². The molecule has 0 saturated heterocycles. The molecule has 0 N–H and O–H groups in total. The molecule has 2 aromatic heterocycles. The van der Waals surface area contributed by atoms with Crippen LogP contribution in [0.3, 0.4) is 0 Å². The fraction of sp³-hybridized carbons (Fsp3) is 0.0137. The number of fused-ring (bicyclic) bond motifs is 21. The van der Waals surface area contributed by atoms with Gasteiger partial charge in [0.05, 0.1) is 38.9 Å². The van der Waals surface area contributed by atoms with Crippen molar-refractivity contribution in [3.05, 3.63) is 295 Å². The van der Waals surface area contributed by atoms with E-state index in [1.807, 2.05) is 0 Å². The van der Waals surface area contributed by atoms with Gasteiger partial charge in [-0.05, 0) is 156 Å². The Morgan fingerprint density at radius 2 is 0.671 bits per heavy atom. The summed E-state index contributed by atoms with van der Waals surface area (Å²) in [5.74, 6) is 0. The third kappa shape index (κ3) is 5.50. The Balaban J connectivity index is 0.849. The third-order valence-electron chi connectivity index (χ3n) is 17.1. The number of para-hydroxylation sites is 5. The predicted octanol–water partition coefficient (Wildman–Crippen LogP) is 19.2. The summed E-state index contributed by atoms with van der Waals surface area (Å²) in [6.07, 6.45) is 0. The maximum absolute atomic E-state index is 2.51. The van der Waals surface area contributed by atoms with E-state index >= 15 is 0 Å². The number of aromatic nitrogens is 2. The lowest BCUT2D eigenvalue weighted by molar-refractivity contribution is 0.752. The summed E-state index contributed by atoms with van der Waals surface area (Å²) < 4.78 is 4.97. The van der Waals surface area contributed by atoms with Gasteiger partial charge in [-0.3, -0.25) is 0 Å². The van der Waals surface area contributed by atoms with Crippen LogP contribution in [0.15, 0.2) is 273 Å². The normalized spacial score (nSPS) is 13.3. The SMILES string of the molecule is c1ccc(N2c3ccccc3C3(c4ccccc4-c4ccc(-n5c6ccccc6c6cc(-c7ccc8c9ccccc9n(-c9ccc%10c%11ccccc%11c%11ccccc%11c%10c9)c8c7)ccc65)cc43)c3ccccc32)cc1. The lowest BCUT2D eigenvalue weighted by atomic mass is 9.64. The molecule has 1 spiro atoms. The maximum atomic E-state index is 2.51. The maximum Gasteiger partial charge on any atom is 0.0755 e. The Hall–Kier alpha value is -9.96. The summed E-state index contributed by atoms with van der Waals surface area (Å²) in [6.45, 7) is 0. The summed E-state index contributed by atoms with van der Waals surface area (Å²) in [7, 11) is 0. The van der Waals surface area contributed by atoms with E-state index in [9.17, 15) is 0 Å². The van der Waals surface area contributed by atoms with Crippen LogP contribution in [0.1, 0.15) is 22.3 Å². The minimum atomic E-state index is -0.553. The molecule has 15 aromatic rings. The molecular weight excluding hydrogens is 919 g/mol. The minimum Gasteiger partial charge on any atom is -0.310 e. The Labute approximate surface area is 439 Å². The van der Waals surface area contributed by atoms with Crippen molar-refractivity contribution >= 4 is 93.0 Å². The van der Waals surface area contributed by atoms with Crippen LogP contribution in [0.25, 0.3) is 110 Å². The quantitative estimate of drug-likeness (QED) is 0.160. The van der Waals surface area contributed by atoms with E-state index in [0.29, 0.717) is 0 Å². The average Bonchev–Trinajstić information content (AvgIpc) is 4.24. The fourth-order valence-corrected chi connectivity index (χ4v) is 14.0. The number of anilines is 3. The molecule has 2 aliphatic rings. The molecular formula is C73H45N3. The molecule has 13 aromatic carbocycles. The van der Waals surface area contributed by atoms with Crippen molar-refractivity contribution in [1.82, 2.24) is 9.13 Å². The molecule has 0 bridgehead atoms. The second-order valence-electron chi connectivity index (χ2n) is 20.7. The first-order chi connectivity index (χ1) is 37.7. The van der Waals surface area contributed by atoms with Crippen molar-refractivity contribution in [2.24, 2.45) is 0 Å². The van der Waals surface area contributed by atoms with E-state index < -0.39 is 5.41 Å². The molecule has 3 heteroatoms. The van der Waals surface area contributed by atoms with Crippen LogP contribution in [0.5, 0.6) is 0 Å². The first kappa shape index (κ1) is 41.5. The predicted molar refractivity (Wildman–Crippen MR) is 319 cm³/mol. The van der Waals surface area contributed by atoms with Gasteiger partial charge in [0.25, 0.3) is 0 Å². The molecule has 17 rings (SSSR count). The molecule has 0 unspecified atom stereocenters. The highest BCUT2D eigenvalue weighted by Crippen LogP contribution is 2.63. The van der Waals surface area contributed by atoms with Crippen molar-refractivity contribution < 1.29 is 0 Å². The number of hydrogen-bond donors (Lipinski definition) is 0. The average molecular weight is 964 g/mol. The summed E-state index contributed by atoms with van der Waals surface area (Å²) >= 11 is 0. The zero-order valence-electron chi connectivity index (χ0n) is 41.3. The van der Waals surface area contributed by atoms with Crippen LogP contribution in [0.4, 0.5) is 17.1 Å². The van der Waals surface area contributed by atoms with Gasteiger partial charge in [-0.1, -0.05) is 194 Å². The molecule has 352 valence electrons. The zero-order valence-corrected chi connectivity index (χ0v) is 41.3. The second-order valence-corrected chi connectivity index (χ2v) is 20.7. The van der Waals surface area contributed by atoms with E-state index in [0.717, 1.165) is 17.1 Å². The van der Waals surface area contributed by atoms with Gasteiger partial charge in [-0.2, -0.15) is 0 Å². The standard InChI is InChI=1S/C73H45N3/c1-2-18-48(19-3-1)74-70-32-16-12-28-64(70)73(65-29-13-17-33-71(65)74)63-27-11-8-24-56(63)57-40-37-50(45-66(57)73)75-68-31-15-10-26-59(68)62-42-46(35-41-69(62)75)47-34-38-60-58-25-9-14-30-67(58)76(72(60)43-47)49-36-39-55-53-22-5-4-20-51(53)52-21-6-7-23-54(52)61(55)44-49/h1-45H. The van der Waals surface area contributed by atoms with Gasteiger partial charge in [0.1, 0.15) is 0 Å². The van der Waals surface area contributed by atoms with E-state index in [2.05, 4.69) is 287 Å². The number of hydrogen-bond acceptors (Lipinski definition) is 1. The van der Waals surface area contributed by atoms with Crippen LogP contribution in [-0.2, 0) is 5.41 Å². The van der Waals surface area contributed by atoms with Crippen LogP contribution in [0.2, 0.25) is 0 Å². The van der Waals surface area contributed by atoms with Gasteiger partial charge in [0, 0.05) is 38.6 Å². The first-order valence-corrected chi connectivity index (χ1v) is 26.4. The molecule has 3 nitrogen and oxygen atoms in total. The van der Waals surface area contributed by atoms with Gasteiger partial charge < -0.3 is 14.0 Å². The van der Waals surface area contributed by atoms with Crippen molar-refractivity contribution in [2.75, 3.05) is 4.90 Å². The van der Waals surface area contributed by atoms with Crippen LogP contribution in [-0.4, -0.2) is 9.13 Å². The molecule has 1 aliphatic heterocycles. The monoisotopic (exact) mass is 963 g/mol. The smallest absolute Gasteiger partial charge is 0.0755 e. The molecule has 1 aliphatic carbocycles. The summed E-state index contributed by atoms with van der Waals surface area (Å²) in [4.78, 5) is 2.45. The second kappa shape index (κ2) is 15.5. The molecule has 0 radical (unpaired) electrons. The Bertz CT molecular complexity index is 4870. The zero-order chi connectivity index (χ0) is 49.6. The molecule has 0 fully saturated rings. The fourth-order valence-electron chi connectivity index (χ4n) is 14.0. The summed E-state index contributed by atoms with van der Waals surface area (Å²) in [5.41, 5.74) is 20.2. The van der Waals surface area contributed by atoms with Gasteiger partial charge in [0.2, 0.25) is 0 Å². The van der Waals surface area contributed by atoms with Gasteiger partial charge >= 0.3 is 0 Å². The first-order valence-electron chi connectivity index (χ1n) is 26.4. The van der Waals surface area contributed by atoms with E-state index in [1.54, 1.807) is 0 Å². The third-order valence-corrected chi connectivity index (χ3v) is 17.1. The topological polar surface area (TPSA) is 13.1 Å². The van der Waals surface area contributed by atoms with Crippen molar-refractivity contribution in [3.8, 4) is 33.6 Å². The summed E-state index contributed by atoms with van der Waals surface area (Å²) in [5, 5.41) is 12.6. The number of nitrogens with zero attached hydrogens (tertiary/aromatic N) is 3. The molecule has 0 amide bonds. The van der Waals surface area contributed by atoms with Gasteiger partial charge in [0.15, 0.2) is 0 Å². The Kier molecular flexibility index (Phi) is 8.48. The van der Waals surface area contributed by atoms with Crippen molar-refractivity contribution in [1.29, 1.82) is 0 Å². The number of rotatable bonds is 4. The lowest BCUT2D eigenvalue weighted by Gasteiger charge is -2.45. The lowest BCUT2D eigenvalue weighted by Crippen LogP contribution is -2.36. The van der Waals surface area contributed by atoms with Gasteiger partial charge in [-0.25, -0.2) is 0 Å². The largest absolute Gasteiger partial charge is 0.310 e. The molecule has 76 heavy (non-hydrogen) atoms. The van der Waals surface area contributed by atoms with Gasteiger partial charge in [-0.15, -0.1) is 0 Å². The van der Waals surface area contributed by atoms with Crippen LogP contribution >= 0.6 is 0 Å². The van der Waals surface area contributed by atoms with Crippen molar-refractivity contribution in [3.63, 3.8) is 0 Å². The Morgan fingerprint density at radius 1 is 0.224 bits per heavy atom. The van der Waals surface area contributed by atoms with Crippen molar-refractivity contribution in [2.45, 2.75) is 5.41 Å². The summed E-state index contributed by atoms with van der Waals surface area (Å²) in [6, 6.07) is 102. The number of benzene rings is 13. The van der Waals surface area contributed by atoms with E-state index in [1.165, 1.54) is 132 Å².